The number of aromatic nitrogens is 4. The van der Waals surface area contributed by atoms with Crippen LogP contribution in [0.5, 0.6) is 0 Å². The van der Waals surface area contributed by atoms with Crippen LogP contribution in [0.1, 0.15) is 71.8 Å². The highest BCUT2D eigenvalue weighted by atomic mass is 16.4. The number of tetrazole rings is 1. The van der Waals surface area contributed by atoms with Crippen molar-refractivity contribution < 1.29 is 24.3 Å². The number of carbonyl (C=O) groups excluding carboxylic acids is 3. The van der Waals surface area contributed by atoms with Gasteiger partial charge in [0.05, 0.1) is 6.04 Å². The third-order valence-electron chi connectivity index (χ3n) is 8.22. The van der Waals surface area contributed by atoms with Gasteiger partial charge < -0.3 is 26.0 Å². The lowest BCUT2D eigenvalue weighted by atomic mass is 10.0. The van der Waals surface area contributed by atoms with Crippen molar-refractivity contribution >= 4 is 23.8 Å². The molecule has 230 valence electrons. The van der Waals surface area contributed by atoms with Crippen molar-refractivity contribution in [3.63, 3.8) is 0 Å². The number of carboxylic acid groups (broad SMARTS) is 1. The van der Waals surface area contributed by atoms with Crippen molar-refractivity contribution in [3.8, 4) is 11.4 Å². The molecule has 2 aromatic rings. The summed E-state index contributed by atoms with van der Waals surface area (Å²) < 4.78 is 0. The van der Waals surface area contributed by atoms with Crippen molar-refractivity contribution in [2.75, 3.05) is 6.54 Å². The largest absolute Gasteiger partial charge is 0.479 e. The summed E-state index contributed by atoms with van der Waals surface area (Å²) in [5.41, 5.74) is -1.14. The quantitative estimate of drug-likeness (QED) is 0.392. The van der Waals surface area contributed by atoms with Gasteiger partial charge in [-0.2, -0.15) is 4.80 Å². The zero-order chi connectivity index (χ0) is 30.8. The lowest BCUT2D eigenvalue weighted by Crippen LogP contribution is -2.58. The predicted molar refractivity (Wildman–Crippen MR) is 156 cm³/mol. The Morgan fingerprint density at radius 2 is 1.88 bits per heavy atom. The van der Waals surface area contributed by atoms with Gasteiger partial charge in [0.15, 0.2) is 0 Å². The number of nitrogens with zero attached hydrogens (tertiary/aromatic N) is 5. The molecule has 1 aromatic heterocycles. The van der Waals surface area contributed by atoms with E-state index < -0.39 is 53.0 Å². The summed E-state index contributed by atoms with van der Waals surface area (Å²) >= 11 is 0. The molecule has 0 spiro atoms. The molecule has 1 aliphatic carbocycles. The lowest BCUT2D eigenvalue weighted by Gasteiger charge is -2.30. The van der Waals surface area contributed by atoms with Gasteiger partial charge in [-0.05, 0) is 51.7 Å². The van der Waals surface area contributed by atoms with Crippen LogP contribution in [0, 0.1) is 5.92 Å². The molecule has 1 saturated carbocycles. The number of aliphatic carboxylic acids is 1. The second kappa shape index (κ2) is 12.1. The molecular weight excluding hydrogens is 552 g/mol. The second-order valence-electron chi connectivity index (χ2n) is 12.7. The van der Waals surface area contributed by atoms with E-state index in [2.05, 4.69) is 31.4 Å². The monoisotopic (exact) mass is 592 g/mol. The molecule has 5 atom stereocenters. The van der Waals surface area contributed by atoms with Crippen LogP contribution in [0.2, 0.25) is 0 Å². The van der Waals surface area contributed by atoms with Crippen LogP contribution < -0.4 is 16.0 Å². The molecule has 2 aliphatic heterocycles. The molecule has 0 bridgehead atoms. The Hall–Kier alpha value is -4.29. The molecule has 0 radical (unpaired) electrons. The second-order valence-corrected chi connectivity index (χ2v) is 12.7. The molecule has 13 nitrogen and oxygen atoms in total. The van der Waals surface area contributed by atoms with Gasteiger partial charge in [-0.15, -0.1) is 10.2 Å². The van der Waals surface area contributed by atoms with Crippen molar-refractivity contribution in [2.24, 2.45) is 5.92 Å². The highest BCUT2D eigenvalue weighted by Crippen LogP contribution is 2.45. The zero-order valence-electron chi connectivity index (χ0n) is 24.8. The molecule has 2 fully saturated rings. The molecule has 4 N–H and O–H groups in total. The maximum absolute atomic E-state index is 14.1. The highest BCUT2D eigenvalue weighted by Gasteiger charge is 2.61. The van der Waals surface area contributed by atoms with E-state index >= 15 is 0 Å². The van der Waals surface area contributed by atoms with Crippen molar-refractivity contribution in [3.05, 3.63) is 42.5 Å². The Kier molecular flexibility index (Phi) is 8.52. The maximum Gasteiger partial charge on any atom is 0.330 e. The standard InChI is InChI=1S/C30H40N8O5/c1-29(2,3)33-28(43)31-22-15-11-6-4-5-10-14-20-17-30(20,27(41)42)32-25(39)23-16-21(18-37(23)26(22)40)38-35-24(34-36-38)19-12-8-7-9-13-19/h7-10,12-14,20-23H,4-6,11,15-18H2,1-3H3,(H,32,39)(H,41,42)(H2,31,33,43)/t20-,21+,22-,23+,30+/m1/s1. The topological polar surface area (TPSA) is 171 Å². The average molecular weight is 593 g/mol. The molecular formula is C30H40N8O5. The molecule has 1 saturated heterocycles. The Labute approximate surface area is 250 Å². The highest BCUT2D eigenvalue weighted by molar-refractivity contribution is 5.96. The first-order valence-corrected chi connectivity index (χ1v) is 14.9. The van der Waals surface area contributed by atoms with Gasteiger partial charge >= 0.3 is 12.0 Å². The first-order valence-electron chi connectivity index (χ1n) is 14.9. The summed E-state index contributed by atoms with van der Waals surface area (Å²) in [6.07, 6.45) is 7.86. The summed E-state index contributed by atoms with van der Waals surface area (Å²) in [6.45, 7) is 5.65. The number of urea groups is 1. The lowest BCUT2D eigenvalue weighted by molar-refractivity contribution is -0.145. The molecule has 13 heteroatoms. The third kappa shape index (κ3) is 6.86. The Morgan fingerprint density at radius 1 is 1.12 bits per heavy atom. The number of fused-ring (bicyclic) bond motifs is 2. The van der Waals surface area contributed by atoms with E-state index in [9.17, 15) is 24.3 Å². The Balaban J connectivity index is 1.44. The molecule has 1 aromatic carbocycles. The van der Waals surface area contributed by atoms with Gasteiger partial charge in [0.1, 0.15) is 17.6 Å². The Bertz CT molecular complexity index is 1390. The predicted octanol–water partition coefficient (Wildman–Crippen LogP) is 2.43. The number of allylic oxidation sites excluding steroid dienone is 1. The number of nitrogens with one attached hydrogen (secondary N) is 3. The summed E-state index contributed by atoms with van der Waals surface area (Å²) in [4.78, 5) is 55.9. The summed E-state index contributed by atoms with van der Waals surface area (Å²) in [5.74, 6) is -1.96. The van der Waals surface area contributed by atoms with Gasteiger partial charge in [0.2, 0.25) is 17.6 Å². The average Bonchev–Trinajstić information content (AvgIpc) is 3.28. The van der Waals surface area contributed by atoms with Crippen LogP contribution in [-0.4, -0.2) is 83.7 Å². The van der Waals surface area contributed by atoms with Gasteiger partial charge in [-0.25, -0.2) is 9.59 Å². The molecule has 5 rings (SSSR count). The summed E-state index contributed by atoms with van der Waals surface area (Å²) in [5, 5.41) is 31.4. The van der Waals surface area contributed by atoms with Crippen LogP contribution in [0.25, 0.3) is 11.4 Å². The Morgan fingerprint density at radius 3 is 2.60 bits per heavy atom. The maximum atomic E-state index is 14.1. The van der Waals surface area contributed by atoms with Crippen molar-refractivity contribution in [1.29, 1.82) is 0 Å². The van der Waals surface area contributed by atoms with Crippen molar-refractivity contribution in [1.82, 2.24) is 41.1 Å². The van der Waals surface area contributed by atoms with Crippen LogP contribution in [-0.2, 0) is 14.4 Å². The fourth-order valence-corrected chi connectivity index (χ4v) is 5.86. The zero-order valence-corrected chi connectivity index (χ0v) is 24.8. The van der Waals surface area contributed by atoms with Gasteiger partial charge in [0, 0.05) is 30.0 Å². The number of carboxylic acids is 1. The summed E-state index contributed by atoms with van der Waals surface area (Å²) in [7, 11) is 0. The minimum absolute atomic E-state index is 0.101. The SMILES string of the molecule is CC(C)(C)NC(=O)N[C@@H]1CCCCCC=C[C@@H]2C[C@]2(C(=O)O)NC(=O)[C@@H]2C[C@H](n3nnc(-c4ccccc4)n3)CN2C1=O. The van der Waals surface area contributed by atoms with Crippen LogP contribution in [0.4, 0.5) is 4.79 Å². The van der Waals surface area contributed by atoms with Crippen LogP contribution in [0.3, 0.4) is 0 Å². The fourth-order valence-electron chi connectivity index (χ4n) is 5.86. The molecule has 3 heterocycles. The molecule has 0 unspecified atom stereocenters. The van der Waals surface area contributed by atoms with Gasteiger partial charge in [-0.1, -0.05) is 55.3 Å². The summed E-state index contributed by atoms with van der Waals surface area (Å²) in [6, 6.07) is 6.54. The van der Waals surface area contributed by atoms with E-state index in [0.29, 0.717) is 18.7 Å². The van der Waals surface area contributed by atoms with E-state index in [-0.39, 0.29) is 25.3 Å². The van der Waals surface area contributed by atoms with Gasteiger partial charge in [-0.3, -0.25) is 9.59 Å². The van der Waals surface area contributed by atoms with Crippen LogP contribution in [0.15, 0.2) is 42.5 Å². The van der Waals surface area contributed by atoms with E-state index in [4.69, 9.17) is 0 Å². The number of carbonyl (C=O) groups is 4. The first kappa shape index (κ1) is 30.2. The number of hydrogen-bond acceptors (Lipinski definition) is 7. The number of rotatable bonds is 4. The van der Waals surface area contributed by atoms with Crippen LogP contribution >= 0.6 is 0 Å². The minimum atomic E-state index is -1.41. The van der Waals surface area contributed by atoms with E-state index in [1.54, 1.807) is 0 Å². The number of amides is 4. The first-order chi connectivity index (χ1) is 20.5. The smallest absolute Gasteiger partial charge is 0.330 e. The molecule has 3 aliphatic rings. The third-order valence-corrected chi connectivity index (χ3v) is 8.22. The van der Waals surface area contributed by atoms with E-state index in [1.165, 1.54) is 9.70 Å². The number of hydrogen-bond donors (Lipinski definition) is 4. The minimum Gasteiger partial charge on any atom is -0.479 e. The molecule has 4 amide bonds. The molecule has 43 heavy (non-hydrogen) atoms. The van der Waals surface area contributed by atoms with Gasteiger partial charge in [0.25, 0.3) is 0 Å². The normalized spacial score (nSPS) is 28.1. The fraction of sp³-hybridized carbons (Fsp3) is 0.567. The van der Waals surface area contributed by atoms with E-state index in [1.807, 2.05) is 63.3 Å². The van der Waals surface area contributed by atoms with Crippen molar-refractivity contribution in [2.45, 2.75) is 94.9 Å². The number of benzene rings is 1. The van der Waals surface area contributed by atoms with E-state index in [0.717, 1.165) is 24.8 Å².